The Labute approximate surface area is 198 Å². The predicted molar refractivity (Wildman–Crippen MR) is 119 cm³/mol. The number of carbonyl (C=O) groups is 3. The molecule has 0 aliphatic carbocycles. The lowest BCUT2D eigenvalue weighted by Gasteiger charge is -2.41. The molecule has 1 aromatic carbocycles. The van der Waals surface area contributed by atoms with Crippen molar-refractivity contribution in [1.29, 1.82) is 0 Å². The Morgan fingerprint density at radius 2 is 2.03 bits per heavy atom. The monoisotopic (exact) mass is 488 g/mol. The first-order chi connectivity index (χ1) is 16.1. The molecule has 3 aliphatic rings. The summed E-state index contributed by atoms with van der Waals surface area (Å²) >= 11 is 5.79. The number of halogens is 2. The molecular weight excluding hydrogens is 467 g/mol. The van der Waals surface area contributed by atoms with Gasteiger partial charge in [-0.3, -0.25) is 19.2 Å². The Bertz CT molecular complexity index is 1330. The number of pyridine rings is 1. The summed E-state index contributed by atoms with van der Waals surface area (Å²) in [4.78, 5) is 54.9. The van der Waals surface area contributed by atoms with Gasteiger partial charge in [-0.15, -0.1) is 0 Å². The van der Waals surface area contributed by atoms with Crippen molar-refractivity contribution in [1.82, 2.24) is 19.7 Å². The maximum atomic E-state index is 14.2. The van der Waals surface area contributed by atoms with Crippen LogP contribution in [-0.4, -0.2) is 55.9 Å². The lowest BCUT2D eigenvalue weighted by atomic mass is 10.1. The van der Waals surface area contributed by atoms with E-state index in [0.717, 1.165) is 0 Å². The minimum absolute atomic E-state index is 0.0939. The third kappa shape index (κ3) is 3.04. The molecule has 1 fully saturated rings. The van der Waals surface area contributed by atoms with E-state index in [2.05, 4.69) is 5.32 Å². The number of benzene rings is 1. The van der Waals surface area contributed by atoms with Crippen molar-refractivity contribution in [2.75, 3.05) is 6.54 Å². The highest BCUT2D eigenvalue weighted by Gasteiger charge is 2.54. The van der Waals surface area contributed by atoms with Crippen molar-refractivity contribution in [2.45, 2.75) is 51.5 Å². The summed E-state index contributed by atoms with van der Waals surface area (Å²) in [5.74, 6) is -3.00. The zero-order chi connectivity index (χ0) is 24.5. The molecule has 2 aromatic rings. The molecular formula is C23H22ClFN4O5. The molecule has 3 aliphatic heterocycles. The van der Waals surface area contributed by atoms with Gasteiger partial charge in [0.15, 0.2) is 11.4 Å². The molecule has 0 bridgehead atoms. The van der Waals surface area contributed by atoms with E-state index in [-0.39, 0.29) is 40.3 Å². The topological polar surface area (TPSA) is 112 Å². The van der Waals surface area contributed by atoms with E-state index < -0.39 is 41.0 Å². The number of nitrogens with one attached hydrogen (secondary N) is 1. The molecule has 0 radical (unpaired) electrons. The van der Waals surface area contributed by atoms with Crippen molar-refractivity contribution >= 4 is 29.3 Å². The van der Waals surface area contributed by atoms with E-state index >= 15 is 0 Å². The Morgan fingerprint density at radius 1 is 1.29 bits per heavy atom. The molecule has 2 unspecified atom stereocenters. The van der Waals surface area contributed by atoms with Gasteiger partial charge in [-0.05, 0) is 25.8 Å². The van der Waals surface area contributed by atoms with Crippen molar-refractivity contribution in [3.05, 3.63) is 61.8 Å². The minimum atomic E-state index is -0.951. The van der Waals surface area contributed by atoms with E-state index in [0.29, 0.717) is 25.1 Å². The van der Waals surface area contributed by atoms with Gasteiger partial charge in [-0.2, -0.15) is 0 Å². The molecule has 9 nitrogen and oxygen atoms in total. The quantitative estimate of drug-likeness (QED) is 0.684. The maximum absolute atomic E-state index is 14.2. The predicted octanol–water partition coefficient (Wildman–Crippen LogP) is 1.80. The number of hydrogen-bond donors (Lipinski definition) is 2. The molecule has 0 saturated carbocycles. The number of hydrogen-bond acceptors (Lipinski definition) is 5. The Balaban J connectivity index is 1.57. The maximum Gasteiger partial charge on any atom is 0.276 e. The van der Waals surface area contributed by atoms with Crippen LogP contribution in [0.3, 0.4) is 0 Å². The second-order valence-corrected chi connectivity index (χ2v) is 9.27. The van der Waals surface area contributed by atoms with Gasteiger partial charge in [-0.1, -0.05) is 23.7 Å². The molecule has 1 saturated heterocycles. The first-order valence-electron chi connectivity index (χ1n) is 10.9. The summed E-state index contributed by atoms with van der Waals surface area (Å²) in [6.07, 6.45) is 0.218. The fourth-order valence-electron chi connectivity index (χ4n) is 5.46. The number of rotatable bonds is 3. The van der Waals surface area contributed by atoms with Crippen LogP contribution < -0.4 is 10.7 Å². The standard InChI is InChI=1S/C23H22ClFN4O5/c1-10-9-27(11(2)30)22-15-7-6-14-16(19(31)20(32)18(29(14)15)23(34)28(10)22)21(33)26-8-12-4-3-5-13(24)17(12)25/h3-5,10,15,22,32H,6-9H2,1-2H3,(H,26,33)/t10-,15?,22?/m0/s1. The van der Waals surface area contributed by atoms with Crippen LogP contribution in [0.5, 0.6) is 5.75 Å². The fourth-order valence-corrected chi connectivity index (χ4v) is 5.66. The summed E-state index contributed by atoms with van der Waals surface area (Å²) in [6.45, 7) is 3.37. The number of nitrogens with zero attached hydrogens (tertiary/aromatic N) is 3. The highest BCUT2D eigenvalue weighted by atomic mass is 35.5. The van der Waals surface area contributed by atoms with Gasteiger partial charge in [0.1, 0.15) is 17.5 Å². The molecule has 1 aromatic heterocycles. The van der Waals surface area contributed by atoms with E-state index in [9.17, 15) is 28.7 Å². The molecule has 4 heterocycles. The first kappa shape index (κ1) is 22.4. The Hall–Kier alpha value is -3.40. The second kappa shape index (κ2) is 7.83. The smallest absolute Gasteiger partial charge is 0.276 e. The van der Waals surface area contributed by atoms with Crippen molar-refractivity contribution in [2.24, 2.45) is 0 Å². The van der Waals surface area contributed by atoms with Crippen LogP contribution in [-0.2, 0) is 17.8 Å². The summed E-state index contributed by atoms with van der Waals surface area (Å²) in [7, 11) is 0. The molecule has 178 valence electrons. The molecule has 3 amide bonds. The SMILES string of the molecule is CC(=O)N1C[C@H](C)N2C(=O)c3c(O)c(=O)c(C(=O)NCc4cccc(Cl)c4F)c4n3C(CC4)C12. The van der Waals surface area contributed by atoms with Crippen molar-refractivity contribution in [3.8, 4) is 5.75 Å². The zero-order valence-corrected chi connectivity index (χ0v) is 19.2. The number of carbonyl (C=O) groups excluding carboxylic acids is 3. The highest BCUT2D eigenvalue weighted by molar-refractivity contribution is 6.30. The second-order valence-electron chi connectivity index (χ2n) is 8.87. The minimum Gasteiger partial charge on any atom is -0.503 e. The van der Waals surface area contributed by atoms with Crippen molar-refractivity contribution in [3.63, 3.8) is 0 Å². The number of amides is 3. The van der Waals surface area contributed by atoms with Gasteiger partial charge >= 0.3 is 0 Å². The molecule has 3 atom stereocenters. The Morgan fingerprint density at radius 3 is 2.74 bits per heavy atom. The average Bonchev–Trinajstić information content (AvgIpc) is 3.36. The van der Waals surface area contributed by atoms with Crippen LogP contribution in [0, 0.1) is 5.82 Å². The van der Waals surface area contributed by atoms with E-state index in [1.807, 2.05) is 6.92 Å². The van der Waals surface area contributed by atoms with Crippen molar-refractivity contribution < 1.29 is 23.9 Å². The van der Waals surface area contributed by atoms with Gasteiger partial charge < -0.3 is 24.8 Å². The highest BCUT2D eigenvalue weighted by Crippen LogP contribution is 2.44. The normalized spacial score (nSPS) is 22.6. The van der Waals surface area contributed by atoms with Crippen LogP contribution in [0.25, 0.3) is 0 Å². The third-order valence-electron chi connectivity index (χ3n) is 6.92. The summed E-state index contributed by atoms with van der Waals surface area (Å²) < 4.78 is 15.8. The van der Waals surface area contributed by atoms with E-state index in [4.69, 9.17) is 11.6 Å². The van der Waals surface area contributed by atoms with Crippen LogP contribution in [0.4, 0.5) is 4.39 Å². The Kier molecular flexibility index (Phi) is 5.16. The van der Waals surface area contributed by atoms with Gasteiger partial charge in [-0.25, -0.2) is 4.39 Å². The summed E-state index contributed by atoms with van der Waals surface area (Å²) in [5.41, 5.74) is -0.933. The van der Waals surface area contributed by atoms with Crippen LogP contribution in [0.1, 0.15) is 58.4 Å². The van der Waals surface area contributed by atoms with Gasteiger partial charge in [0.25, 0.3) is 11.8 Å². The summed E-state index contributed by atoms with van der Waals surface area (Å²) in [5, 5.41) is 13.2. The molecule has 2 N–H and O–H groups in total. The lowest BCUT2D eigenvalue weighted by Crippen LogP contribution is -2.54. The molecule has 34 heavy (non-hydrogen) atoms. The summed E-state index contributed by atoms with van der Waals surface area (Å²) in [6, 6.07) is 3.69. The molecule has 5 rings (SSSR count). The largest absolute Gasteiger partial charge is 0.503 e. The molecule has 0 spiro atoms. The van der Waals surface area contributed by atoms with Gasteiger partial charge in [0.2, 0.25) is 11.3 Å². The van der Waals surface area contributed by atoms with Gasteiger partial charge in [0.05, 0.1) is 11.1 Å². The fraction of sp³-hybridized carbons (Fsp3) is 0.391. The first-order valence-corrected chi connectivity index (χ1v) is 11.3. The number of aromatic hydroxyl groups is 1. The van der Waals surface area contributed by atoms with E-state index in [1.54, 1.807) is 9.47 Å². The number of fused-ring (bicyclic) bond motifs is 2. The lowest BCUT2D eigenvalue weighted by molar-refractivity contribution is -0.132. The third-order valence-corrected chi connectivity index (χ3v) is 7.21. The zero-order valence-electron chi connectivity index (χ0n) is 18.5. The van der Waals surface area contributed by atoms with E-state index in [1.165, 1.54) is 30.0 Å². The average molecular weight is 489 g/mol. The van der Waals surface area contributed by atoms with Crippen LogP contribution in [0.2, 0.25) is 5.02 Å². The van der Waals surface area contributed by atoms with Gasteiger partial charge in [0, 0.05) is 37.3 Å². The molecule has 11 heteroatoms. The number of aromatic nitrogens is 1. The van der Waals surface area contributed by atoms with Crippen LogP contribution in [0.15, 0.2) is 23.0 Å². The van der Waals surface area contributed by atoms with Crippen LogP contribution >= 0.6 is 11.6 Å².